The zero-order valence-electron chi connectivity index (χ0n) is 18.7. The molecule has 0 atom stereocenters. The van der Waals surface area contributed by atoms with Crippen LogP contribution in [-0.2, 0) is 11.3 Å². The molecule has 9 nitrogen and oxygen atoms in total. The number of hydrogen-bond acceptors (Lipinski definition) is 6. The molecule has 0 bridgehead atoms. The molecule has 0 radical (unpaired) electrons. The summed E-state index contributed by atoms with van der Waals surface area (Å²) in [6.45, 7) is 11.0. The lowest BCUT2D eigenvalue weighted by molar-refractivity contribution is 0.0488. The van der Waals surface area contributed by atoms with Crippen molar-refractivity contribution < 1.29 is 23.5 Å². The van der Waals surface area contributed by atoms with Crippen molar-refractivity contribution in [2.45, 2.75) is 59.7 Å². The van der Waals surface area contributed by atoms with Crippen LogP contribution in [0.5, 0.6) is 0 Å². The van der Waals surface area contributed by atoms with Crippen molar-refractivity contribution >= 4 is 17.8 Å². The van der Waals surface area contributed by atoms with Crippen LogP contribution >= 0.6 is 0 Å². The third kappa shape index (κ3) is 6.31. The summed E-state index contributed by atoms with van der Waals surface area (Å²) in [4.78, 5) is 49.9. The number of amides is 2. The van der Waals surface area contributed by atoms with Crippen LogP contribution in [0.4, 0.5) is 0 Å². The summed E-state index contributed by atoms with van der Waals surface area (Å²) in [6.07, 6.45) is 2.87. The van der Waals surface area contributed by atoms with Gasteiger partial charge in [0.15, 0.2) is 0 Å². The largest absolute Gasteiger partial charge is 0.460 e. The highest BCUT2D eigenvalue weighted by molar-refractivity contribution is 5.99. The fourth-order valence-corrected chi connectivity index (χ4v) is 2.67. The normalized spacial score (nSPS) is 11.3. The average Bonchev–Trinajstić information content (AvgIpc) is 3.14. The predicted molar refractivity (Wildman–Crippen MR) is 114 cm³/mol. The molecule has 2 aromatic rings. The van der Waals surface area contributed by atoms with Crippen molar-refractivity contribution in [3.63, 3.8) is 0 Å². The number of carbonyl (C=O) groups excluding carboxylic acids is 3. The fraction of sp³-hybridized carbons (Fsp3) is 0.455. The van der Waals surface area contributed by atoms with Crippen LogP contribution in [0.25, 0.3) is 0 Å². The minimum atomic E-state index is -0.664. The standard InChI is InChI=1S/C22H29N3O6/c1-7-30-21(29)17-9-8-14(31-17)10-23-19(27)15-11-25(13(2)3)12-16(18(15)26)20(28)24-22(4,5)6/h8-9,11-13H,7,10H2,1-6H3,(H,23,27)(H,24,28). The number of furan rings is 1. The summed E-state index contributed by atoms with van der Waals surface area (Å²) in [5, 5.41) is 5.34. The first kappa shape index (κ1) is 23.9. The van der Waals surface area contributed by atoms with E-state index in [0.717, 1.165) is 0 Å². The van der Waals surface area contributed by atoms with Crippen molar-refractivity contribution in [1.82, 2.24) is 15.2 Å². The van der Waals surface area contributed by atoms with E-state index < -0.39 is 28.8 Å². The topological polar surface area (TPSA) is 120 Å². The number of aromatic nitrogens is 1. The molecule has 2 rings (SSSR count). The van der Waals surface area contributed by atoms with Crippen LogP contribution in [0.3, 0.4) is 0 Å². The first-order valence-corrected chi connectivity index (χ1v) is 10.0. The van der Waals surface area contributed by atoms with Gasteiger partial charge in [-0.1, -0.05) is 0 Å². The SMILES string of the molecule is CCOC(=O)c1ccc(CNC(=O)c2cn(C(C)C)cc(C(=O)NC(C)(C)C)c2=O)o1. The van der Waals surface area contributed by atoms with Crippen LogP contribution in [0.1, 0.15) is 84.6 Å². The molecule has 2 N–H and O–H groups in total. The van der Waals surface area contributed by atoms with Crippen LogP contribution in [0.15, 0.2) is 33.7 Å². The molecule has 0 unspecified atom stereocenters. The molecule has 0 spiro atoms. The Morgan fingerprint density at radius 2 is 1.71 bits per heavy atom. The second-order valence-corrected chi connectivity index (χ2v) is 8.33. The van der Waals surface area contributed by atoms with Crippen molar-refractivity contribution in [1.29, 1.82) is 0 Å². The van der Waals surface area contributed by atoms with Gasteiger partial charge >= 0.3 is 5.97 Å². The molecule has 9 heteroatoms. The van der Waals surface area contributed by atoms with Gasteiger partial charge < -0.3 is 24.4 Å². The van der Waals surface area contributed by atoms with Crippen molar-refractivity contribution in [3.05, 3.63) is 57.4 Å². The number of rotatable bonds is 7. The molecule has 2 aromatic heterocycles. The molecule has 0 aliphatic heterocycles. The molecule has 168 valence electrons. The number of esters is 1. The van der Waals surface area contributed by atoms with E-state index in [2.05, 4.69) is 10.6 Å². The second-order valence-electron chi connectivity index (χ2n) is 8.33. The van der Waals surface area contributed by atoms with Crippen LogP contribution in [-0.4, -0.2) is 34.5 Å². The maximum Gasteiger partial charge on any atom is 0.374 e. The van der Waals surface area contributed by atoms with E-state index in [0.29, 0.717) is 5.76 Å². The molecule has 0 saturated carbocycles. The summed E-state index contributed by atoms with van der Waals surface area (Å²) in [7, 11) is 0. The van der Waals surface area contributed by atoms with E-state index in [1.54, 1.807) is 32.3 Å². The van der Waals surface area contributed by atoms with E-state index >= 15 is 0 Å². The summed E-state index contributed by atoms with van der Waals surface area (Å²) in [5.74, 6) is -1.46. The minimum Gasteiger partial charge on any atom is -0.460 e. The zero-order chi connectivity index (χ0) is 23.3. The highest BCUT2D eigenvalue weighted by atomic mass is 16.5. The highest BCUT2D eigenvalue weighted by Crippen LogP contribution is 2.11. The Hall–Kier alpha value is -3.36. The lowest BCUT2D eigenvalue weighted by atomic mass is 10.1. The Kier molecular flexibility index (Phi) is 7.43. The van der Waals surface area contributed by atoms with Gasteiger partial charge in [-0.2, -0.15) is 0 Å². The smallest absolute Gasteiger partial charge is 0.374 e. The Bertz CT molecular complexity index is 1030. The van der Waals surface area contributed by atoms with E-state index in [1.165, 1.54) is 24.5 Å². The Labute approximate surface area is 180 Å². The molecule has 2 heterocycles. The van der Waals surface area contributed by atoms with Gasteiger partial charge in [-0.05, 0) is 53.7 Å². The Balaban J connectivity index is 2.26. The fourth-order valence-electron chi connectivity index (χ4n) is 2.67. The molecule has 0 aliphatic carbocycles. The van der Waals surface area contributed by atoms with Crippen LogP contribution < -0.4 is 16.1 Å². The van der Waals surface area contributed by atoms with Gasteiger partial charge in [-0.25, -0.2) is 4.79 Å². The van der Waals surface area contributed by atoms with Crippen molar-refractivity contribution in [2.75, 3.05) is 6.61 Å². The van der Waals surface area contributed by atoms with Crippen LogP contribution in [0.2, 0.25) is 0 Å². The first-order chi connectivity index (χ1) is 14.4. The Morgan fingerprint density at radius 3 is 2.26 bits per heavy atom. The summed E-state index contributed by atoms with van der Waals surface area (Å²) in [5.41, 5.74) is -1.48. The zero-order valence-corrected chi connectivity index (χ0v) is 18.7. The first-order valence-electron chi connectivity index (χ1n) is 10.0. The van der Waals surface area contributed by atoms with Gasteiger partial charge in [0.2, 0.25) is 11.2 Å². The number of carbonyl (C=O) groups is 3. The lowest BCUT2D eigenvalue weighted by Gasteiger charge is -2.21. The maximum atomic E-state index is 12.9. The van der Waals surface area contributed by atoms with Gasteiger partial charge in [-0.3, -0.25) is 14.4 Å². The van der Waals surface area contributed by atoms with Gasteiger partial charge in [0.05, 0.1) is 13.2 Å². The number of nitrogens with zero attached hydrogens (tertiary/aromatic N) is 1. The summed E-state index contributed by atoms with van der Waals surface area (Å²) in [6, 6.07) is 2.90. The number of pyridine rings is 1. The maximum absolute atomic E-state index is 12.9. The molecule has 31 heavy (non-hydrogen) atoms. The number of nitrogens with one attached hydrogen (secondary N) is 2. The highest BCUT2D eigenvalue weighted by Gasteiger charge is 2.23. The molecular formula is C22H29N3O6. The van der Waals surface area contributed by atoms with Gasteiger partial charge in [0.1, 0.15) is 16.9 Å². The molecule has 0 fully saturated rings. The summed E-state index contributed by atoms with van der Waals surface area (Å²) >= 11 is 0. The molecular weight excluding hydrogens is 402 g/mol. The summed E-state index contributed by atoms with van der Waals surface area (Å²) < 4.78 is 11.9. The van der Waals surface area contributed by atoms with Gasteiger partial charge in [0, 0.05) is 24.0 Å². The van der Waals surface area contributed by atoms with Gasteiger partial charge in [0.25, 0.3) is 11.8 Å². The monoisotopic (exact) mass is 431 g/mol. The van der Waals surface area contributed by atoms with E-state index in [9.17, 15) is 19.2 Å². The second kappa shape index (κ2) is 9.63. The molecule has 2 amide bonds. The minimum absolute atomic E-state index is 0.0223. The average molecular weight is 431 g/mol. The van der Waals surface area contributed by atoms with Crippen LogP contribution in [0, 0.1) is 0 Å². The number of ether oxygens (including phenoxy) is 1. The molecule has 0 aliphatic rings. The lowest BCUT2D eigenvalue weighted by Crippen LogP contribution is -2.43. The quantitative estimate of drug-likeness (QED) is 0.651. The number of hydrogen-bond donors (Lipinski definition) is 2. The molecule has 0 aromatic carbocycles. The van der Waals surface area contributed by atoms with Gasteiger partial charge in [-0.15, -0.1) is 0 Å². The third-order valence-electron chi connectivity index (χ3n) is 4.18. The van der Waals surface area contributed by atoms with E-state index in [1.807, 2.05) is 13.8 Å². The molecule has 0 saturated heterocycles. The van der Waals surface area contributed by atoms with E-state index in [4.69, 9.17) is 9.15 Å². The van der Waals surface area contributed by atoms with Crippen molar-refractivity contribution in [2.24, 2.45) is 0 Å². The Morgan fingerprint density at radius 1 is 1.10 bits per heavy atom. The van der Waals surface area contributed by atoms with E-state index in [-0.39, 0.29) is 36.1 Å². The van der Waals surface area contributed by atoms with Crippen molar-refractivity contribution in [3.8, 4) is 0 Å². The predicted octanol–water partition coefficient (Wildman–Crippen LogP) is 2.66. The third-order valence-corrected chi connectivity index (χ3v) is 4.18.